The Morgan fingerprint density at radius 1 is 1.25 bits per heavy atom. The van der Waals surface area contributed by atoms with Gasteiger partial charge in [-0.05, 0) is 37.0 Å². The van der Waals surface area contributed by atoms with Gasteiger partial charge in [-0.15, -0.1) is 0 Å². The summed E-state index contributed by atoms with van der Waals surface area (Å²) >= 11 is 1.25. The molecule has 0 aliphatic carbocycles. The van der Waals surface area contributed by atoms with E-state index in [4.69, 9.17) is 19.6 Å². The number of anilines is 1. The number of rotatable bonds is 9. The molecule has 0 saturated heterocycles. The van der Waals surface area contributed by atoms with Crippen LogP contribution in [0.5, 0.6) is 0 Å². The Morgan fingerprint density at radius 3 is 2.42 bits per heavy atom. The zero-order valence-corrected chi connectivity index (χ0v) is 15.5. The smallest absolute Gasteiger partial charge is 0.346 e. The van der Waals surface area contributed by atoms with E-state index in [1.54, 1.807) is 6.07 Å². The first kappa shape index (κ1) is 21.3. The van der Waals surface area contributed by atoms with Crippen molar-refractivity contribution < 1.29 is 33.5 Å². The number of hydrogen-bond donors (Lipinski definition) is 5. The van der Waals surface area contributed by atoms with Gasteiger partial charge in [-0.2, -0.15) is 0 Å². The number of nitrogens with one attached hydrogen (secondary N) is 1. The Bertz CT molecular complexity index is 639. The van der Waals surface area contributed by atoms with Gasteiger partial charge in [0.2, 0.25) is 5.52 Å². The summed E-state index contributed by atoms with van der Waals surface area (Å²) in [5.74, 6) is 0.687. The van der Waals surface area contributed by atoms with Gasteiger partial charge in [0.15, 0.2) is 5.12 Å². The lowest BCUT2D eigenvalue weighted by atomic mass is 10.1. The highest BCUT2D eigenvalue weighted by atomic mass is 32.2. The molecule has 1 aromatic rings. The van der Waals surface area contributed by atoms with Gasteiger partial charge in [0.25, 0.3) is 0 Å². The third kappa shape index (κ3) is 7.90. The van der Waals surface area contributed by atoms with E-state index in [9.17, 15) is 13.9 Å². The van der Waals surface area contributed by atoms with Crippen LogP contribution in [0.15, 0.2) is 18.3 Å². The van der Waals surface area contributed by atoms with Gasteiger partial charge in [0.05, 0.1) is 0 Å². The van der Waals surface area contributed by atoms with Crippen molar-refractivity contribution >= 4 is 37.9 Å². The standard InChI is InChI=1S/C12H20N2O7P2S/c1-9(15)24-7-3-2-4-10-5-6-13-11(8-10)14-12(22(16,17)18)23(19,20)21/h5-6,8,12H,2-4,7H2,1H3,(H,13,14)(H2,16,17,18)(H2,19,20,21). The van der Waals surface area contributed by atoms with Gasteiger partial charge in [0, 0.05) is 18.9 Å². The van der Waals surface area contributed by atoms with Crippen LogP contribution in [-0.4, -0.2) is 40.9 Å². The molecule has 1 rings (SSSR count). The first-order valence-electron chi connectivity index (χ1n) is 6.95. The normalized spacial score (nSPS) is 12.4. The Labute approximate surface area is 143 Å². The minimum Gasteiger partial charge on any atom is -0.346 e. The van der Waals surface area contributed by atoms with Crippen molar-refractivity contribution in [2.75, 3.05) is 11.1 Å². The molecule has 1 heterocycles. The molecular weight excluding hydrogens is 378 g/mol. The first-order valence-corrected chi connectivity index (χ1v) is 11.3. The number of aromatic nitrogens is 1. The van der Waals surface area contributed by atoms with Crippen molar-refractivity contribution in [3.8, 4) is 0 Å². The lowest BCUT2D eigenvalue weighted by Gasteiger charge is -2.21. The van der Waals surface area contributed by atoms with Gasteiger partial charge in [-0.1, -0.05) is 11.8 Å². The number of carbonyl (C=O) groups is 1. The van der Waals surface area contributed by atoms with Crippen LogP contribution < -0.4 is 5.32 Å². The van der Waals surface area contributed by atoms with Crippen LogP contribution in [0, 0.1) is 0 Å². The maximum absolute atomic E-state index is 11.2. The molecule has 0 radical (unpaired) electrons. The minimum atomic E-state index is -5.07. The summed E-state index contributed by atoms with van der Waals surface area (Å²) in [6.45, 7) is 1.50. The highest BCUT2D eigenvalue weighted by molar-refractivity contribution is 8.13. The lowest BCUT2D eigenvalue weighted by Crippen LogP contribution is -2.20. The van der Waals surface area contributed by atoms with Crippen LogP contribution in [0.4, 0.5) is 5.82 Å². The molecule has 0 spiro atoms. The number of carbonyl (C=O) groups excluding carboxylic acids is 1. The summed E-state index contributed by atoms with van der Waals surface area (Å²) in [5.41, 5.74) is -1.53. The van der Waals surface area contributed by atoms with E-state index in [1.165, 1.54) is 30.9 Å². The SMILES string of the molecule is CC(=O)SCCCCc1ccnc(NC(P(=O)(O)O)P(=O)(O)O)c1. The molecule has 9 nitrogen and oxygen atoms in total. The molecular formula is C12H20N2O7P2S. The number of thioether (sulfide) groups is 1. The zero-order valence-electron chi connectivity index (χ0n) is 12.9. The van der Waals surface area contributed by atoms with Crippen molar-refractivity contribution in [2.45, 2.75) is 31.7 Å². The molecule has 0 unspecified atom stereocenters. The third-order valence-corrected chi connectivity index (χ3v) is 7.14. The third-order valence-electron chi connectivity index (χ3n) is 2.90. The fraction of sp³-hybridized carbons (Fsp3) is 0.500. The van der Waals surface area contributed by atoms with Crippen molar-refractivity contribution in [3.05, 3.63) is 23.9 Å². The fourth-order valence-electron chi connectivity index (χ4n) is 1.85. The minimum absolute atomic E-state index is 0.0257. The fourth-order valence-corrected chi connectivity index (χ4v) is 4.66. The van der Waals surface area contributed by atoms with Crippen molar-refractivity contribution in [3.63, 3.8) is 0 Å². The average Bonchev–Trinajstić information content (AvgIpc) is 2.42. The van der Waals surface area contributed by atoms with Crippen LogP contribution in [0.2, 0.25) is 0 Å². The average molecular weight is 398 g/mol. The molecule has 0 aliphatic heterocycles. The van der Waals surface area contributed by atoms with E-state index < -0.39 is 20.7 Å². The van der Waals surface area contributed by atoms with Crippen LogP contribution >= 0.6 is 27.0 Å². The molecule has 5 N–H and O–H groups in total. The van der Waals surface area contributed by atoms with Crippen LogP contribution in [0.1, 0.15) is 25.3 Å². The second-order valence-electron chi connectivity index (χ2n) is 5.04. The first-order chi connectivity index (χ1) is 11.0. The molecule has 0 aliphatic rings. The molecule has 0 amide bonds. The topological polar surface area (TPSA) is 157 Å². The highest BCUT2D eigenvalue weighted by Crippen LogP contribution is 2.59. The van der Waals surface area contributed by atoms with E-state index >= 15 is 0 Å². The molecule has 136 valence electrons. The molecule has 0 aromatic carbocycles. The van der Waals surface area contributed by atoms with Crippen LogP contribution in [0.3, 0.4) is 0 Å². The molecule has 0 atom stereocenters. The number of unbranched alkanes of at least 4 members (excludes halogenated alkanes) is 1. The van der Waals surface area contributed by atoms with Crippen molar-refractivity contribution in [1.29, 1.82) is 0 Å². The Kier molecular flexibility index (Phi) is 8.08. The summed E-state index contributed by atoms with van der Waals surface area (Å²) < 4.78 is 22.5. The molecule has 1 aromatic heterocycles. The van der Waals surface area contributed by atoms with Gasteiger partial charge in [-0.25, -0.2) is 4.98 Å². The van der Waals surface area contributed by atoms with Gasteiger partial charge >= 0.3 is 15.2 Å². The molecule has 0 saturated carbocycles. The van der Waals surface area contributed by atoms with E-state index in [-0.39, 0.29) is 10.9 Å². The van der Waals surface area contributed by atoms with E-state index in [1.807, 2.05) is 0 Å². The summed E-state index contributed by atoms with van der Waals surface area (Å²) in [4.78, 5) is 51.0. The van der Waals surface area contributed by atoms with Crippen molar-refractivity contribution in [2.24, 2.45) is 0 Å². The van der Waals surface area contributed by atoms with Gasteiger partial charge in [-0.3, -0.25) is 13.9 Å². The Hall–Kier alpha value is -0.730. The lowest BCUT2D eigenvalue weighted by molar-refractivity contribution is -0.109. The molecule has 0 fully saturated rings. The predicted octanol–water partition coefficient (Wildman–Crippen LogP) is 1.73. The maximum atomic E-state index is 11.2. The van der Waals surface area contributed by atoms with E-state index in [0.29, 0.717) is 12.2 Å². The number of pyridine rings is 1. The Morgan fingerprint density at radius 2 is 1.88 bits per heavy atom. The molecule has 0 bridgehead atoms. The van der Waals surface area contributed by atoms with Crippen LogP contribution in [-0.2, 0) is 20.3 Å². The second-order valence-corrected chi connectivity index (χ2v) is 10.1. The van der Waals surface area contributed by atoms with Crippen molar-refractivity contribution in [1.82, 2.24) is 4.98 Å². The molecule has 12 heteroatoms. The number of nitrogens with zero attached hydrogens (tertiary/aromatic N) is 1. The van der Waals surface area contributed by atoms with Crippen LogP contribution in [0.25, 0.3) is 0 Å². The highest BCUT2D eigenvalue weighted by Gasteiger charge is 2.43. The quantitative estimate of drug-likeness (QED) is 0.306. The van der Waals surface area contributed by atoms with E-state index in [2.05, 4.69) is 10.3 Å². The largest absolute Gasteiger partial charge is 0.360 e. The number of aryl methyl sites for hydroxylation is 1. The zero-order chi connectivity index (χ0) is 18.4. The van der Waals surface area contributed by atoms with Gasteiger partial charge < -0.3 is 24.9 Å². The summed E-state index contributed by atoms with van der Waals surface area (Å²) in [5, 5.41) is 2.19. The Balaban J connectivity index is 2.69. The summed E-state index contributed by atoms with van der Waals surface area (Å²) in [7, 11) is -10.1. The second kappa shape index (κ2) is 9.10. The van der Waals surface area contributed by atoms with Gasteiger partial charge in [0.1, 0.15) is 5.82 Å². The predicted molar refractivity (Wildman–Crippen MR) is 91.8 cm³/mol. The maximum Gasteiger partial charge on any atom is 0.360 e. The summed E-state index contributed by atoms with van der Waals surface area (Å²) in [6.07, 6.45) is 3.65. The number of hydrogen-bond acceptors (Lipinski definition) is 6. The molecule has 24 heavy (non-hydrogen) atoms. The summed E-state index contributed by atoms with van der Waals surface area (Å²) in [6, 6.07) is 3.18. The monoisotopic (exact) mass is 398 g/mol. The van der Waals surface area contributed by atoms with E-state index in [0.717, 1.165) is 18.4 Å².